The lowest BCUT2D eigenvalue weighted by molar-refractivity contribution is 0.0699. The number of carboxylic acids is 1. The fourth-order valence-corrected chi connectivity index (χ4v) is 3.21. The highest BCUT2D eigenvalue weighted by molar-refractivity contribution is 7.08. The maximum absolute atomic E-state index is 11.2. The molecular weight excluding hydrogens is 310 g/mol. The Bertz CT molecular complexity index is 1010. The molecular formula is C17H11N3O2S. The average molecular weight is 321 g/mol. The van der Waals surface area contributed by atoms with Crippen LogP contribution in [0.4, 0.5) is 0 Å². The van der Waals surface area contributed by atoms with E-state index in [1.165, 1.54) is 6.20 Å². The van der Waals surface area contributed by atoms with Gasteiger partial charge in [-0.3, -0.25) is 0 Å². The summed E-state index contributed by atoms with van der Waals surface area (Å²) >= 11 is 1.65. The van der Waals surface area contributed by atoms with Gasteiger partial charge >= 0.3 is 5.97 Å². The highest BCUT2D eigenvalue weighted by atomic mass is 32.1. The van der Waals surface area contributed by atoms with E-state index in [-0.39, 0.29) is 5.56 Å². The fraction of sp³-hybridized carbons (Fsp3) is 0. The number of aromatic carboxylic acids is 1. The molecule has 23 heavy (non-hydrogen) atoms. The van der Waals surface area contributed by atoms with Crippen molar-refractivity contribution >= 4 is 23.0 Å². The van der Waals surface area contributed by atoms with Crippen molar-refractivity contribution in [1.82, 2.24) is 14.6 Å². The Labute approximate surface area is 135 Å². The molecule has 0 aliphatic heterocycles. The second kappa shape index (κ2) is 5.33. The second-order valence-corrected chi connectivity index (χ2v) is 5.80. The number of hydrogen-bond donors (Lipinski definition) is 1. The van der Waals surface area contributed by atoms with Crippen LogP contribution >= 0.6 is 11.3 Å². The minimum Gasteiger partial charge on any atom is -0.477 e. The van der Waals surface area contributed by atoms with Crippen LogP contribution in [0.3, 0.4) is 0 Å². The Kier molecular flexibility index (Phi) is 3.17. The van der Waals surface area contributed by atoms with Gasteiger partial charge in [0.05, 0.1) is 11.9 Å². The number of thiophene rings is 1. The SMILES string of the molecule is O=C(O)c1cnn2c(-c3cccc(-c4ccsc4)c3)ccnc12. The van der Waals surface area contributed by atoms with E-state index in [0.717, 1.165) is 22.4 Å². The lowest BCUT2D eigenvalue weighted by Gasteiger charge is -2.06. The van der Waals surface area contributed by atoms with E-state index in [1.54, 1.807) is 22.0 Å². The van der Waals surface area contributed by atoms with Gasteiger partial charge in [0.15, 0.2) is 5.65 Å². The zero-order valence-electron chi connectivity index (χ0n) is 11.9. The molecule has 0 aliphatic carbocycles. The first-order chi connectivity index (χ1) is 11.2. The highest BCUT2D eigenvalue weighted by Crippen LogP contribution is 2.28. The van der Waals surface area contributed by atoms with Crippen LogP contribution < -0.4 is 0 Å². The number of aromatic nitrogens is 3. The smallest absolute Gasteiger partial charge is 0.341 e. The molecule has 0 fully saturated rings. The summed E-state index contributed by atoms with van der Waals surface area (Å²) in [7, 11) is 0. The van der Waals surface area contributed by atoms with Crippen LogP contribution in [0, 0.1) is 0 Å². The van der Waals surface area contributed by atoms with E-state index in [2.05, 4.69) is 33.7 Å². The second-order valence-electron chi connectivity index (χ2n) is 5.02. The Hall–Kier alpha value is -2.99. The van der Waals surface area contributed by atoms with E-state index >= 15 is 0 Å². The van der Waals surface area contributed by atoms with E-state index in [4.69, 9.17) is 0 Å². The lowest BCUT2D eigenvalue weighted by Crippen LogP contribution is -1.99. The van der Waals surface area contributed by atoms with Gasteiger partial charge in [-0.05, 0) is 40.1 Å². The number of nitrogens with zero attached hydrogens (tertiary/aromatic N) is 3. The molecule has 1 N–H and O–H groups in total. The first kappa shape index (κ1) is 13.7. The molecule has 0 saturated carbocycles. The van der Waals surface area contributed by atoms with Gasteiger partial charge in [-0.2, -0.15) is 16.4 Å². The zero-order chi connectivity index (χ0) is 15.8. The third-order valence-electron chi connectivity index (χ3n) is 3.64. The molecule has 3 heterocycles. The molecule has 0 amide bonds. The van der Waals surface area contributed by atoms with Gasteiger partial charge in [-0.15, -0.1) is 0 Å². The van der Waals surface area contributed by atoms with Crippen LogP contribution in [-0.4, -0.2) is 25.7 Å². The lowest BCUT2D eigenvalue weighted by atomic mass is 10.0. The van der Waals surface area contributed by atoms with Crippen molar-refractivity contribution in [3.8, 4) is 22.4 Å². The molecule has 3 aromatic heterocycles. The normalized spacial score (nSPS) is 11.0. The van der Waals surface area contributed by atoms with Gasteiger partial charge in [0.25, 0.3) is 0 Å². The van der Waals surface area contributed by atoms with E-state index in [0.29, 0.717) is 5.65 Å². The van der Waals surface area contributed by atoms with Crippen LogP contribution in [0.2, 0.25) is 0 Å². The quantitative estimate of drug-likeness (QED) is 0.623. The third-order valence-corrected chi connectivity index (χ3v) is 4.33. The van der Waals surface area contributed by atoms with Gasteiger partial charge in [-0.25, -0.2) is 14.3 Å². The first-order valence-corrected chi connectivity index (χ1v) is 7.87. The molecule has 0 bridgehead atoms. The van der Waals surface area contributed by atoms with Crippen molar-refractivity contribution in [3.05, 3.63) is 65.1 Å². The van der Waals surface area contributed by atoms with Gasteiger partial charge < -0.3 is 5.11 Å². The van der Waals surface area contributed by atoms with Gasteiger partial charge in [0.2, 0.25) is 0 Å². The topological polar surface area (TPSA) is 67.5 Å². The van der Waals surface area contributed by atoms with E-state index in [9.17, 15) is 9.90 Å². The molecule has 0 atom stereocenters. The number of hydrogen-bond acceptors (Lipinski definition) is 4. The number of fused-ring (bicyclic) bond motifs is 1. The van der Waals surface area contributed by atoms with Crippen molar-refractivity contribution in [2.75, 3.05) is 0 Å². The molecule has 0 unspecified atom stereocenters. The fourth-order valence-electron chi connectivity index (χ4n) is 2.55. The van der Waals surface area contributed by atoms with Crippen LogP contribution in [0.1, 0.15) is 10.4 Å². The molecule has 0 aliphatic rings. The average Bonchev–Trinajstić information content (AvgIpc) is 3.24. The minimum atomic E-state index is -1.03. The molecule has 5 nitrogen and oxygen atoms in total. The van der Waals surface area contributed by atoms with Gasteiger partial charge in [0, 0.05) is 11.8 Å². The van der Waals surface area contributed by atoms with Crippen LogP contribution in [-0.2, 0) is 0 Å². The van der Waals surface area contributed by atoms with Gasteiger partial charge in [-0.1, -0.05) is 18.2 Å². The minimum absolute atomic E-state index is 0.0980. The van der Waals surface area contributed by atoms with Crippen LogP contribution in [0.15, 0.2) is 59.6 Å². The molecule has 0 spiro atoms. The van der Waals surface area contributed by atoms with Crippen molar-refractivity contribution in [2.45, 2.75) is 0 Å². The van der Waals surface area contributed by atoms with Crippen molar-refractivity contribution in [1.29, 1.82) is 0 Å². The van der Waals surface area contributed by atoms with Crippen LogP contribution in [0.25, 0.3) is 28.0 Å². The Morgan fingerprint density at radius 2 is 2.00 bits per heavy atom. The van der Waals surface area contributed by atoms with E-state index in [1.807, 2.05) is 23.6 Å². The number of carbonyl (C=O) groups is 1. The Morgan fingerprint density at radius 1 is 1.13 bits per heavy atom. The Balaban J connectivity index is 1.90. The molecule has 0 saturated heterocycles. The van der Waals surface area contributed by atoms with Crippen LogP contribution in [0.5, 0.6) is 0 Å². The number of carboxylic acid groups (broad SMARTS) is 1. The molecule has 4 rings (SSSR count). The highest BCUT2D eigenvalue weighted by Gasteiger charge is 2.15. The summed E-state index contributed by atoms with van der Waals surface area (Å²) in [4.78, 5) is 15.4. The molecule has 6 heteroatoms. The summed E-state index contributed by atoms with van der Waals surface area (Å²) in [5.74, 6) is -1.03. The summed E-state index contributed by atoms with van der Waals surface area (Å²) in [6.45, 7) is 0. The summed E-state index contributed by atoms with van der Waals surface area (Å²) in [5.41, 5.74) is 4.48. The van der Waals surface area contributed by atoms with E-state index < -0.39 is 5.97 Å². The Morgan fingerprint density at radius 3 is 2.78 bits per heavy atom. The molecule has 4 aromatic rings. The molecule has 1 aromatic carbocycles. The summed E-state index contributed by atoms with van der Waals surface area (Å²) < 4.78 is 1.57. The number of rotatable bonds is 3. The first-order valence-electron chi connectivity index (χ1n) is 6.93. The number of benzene rings is 1. The van der Waals surface area contributed by atoms with Crippen molar-refractivity contribution < 1.29 is 9.90 Å². The zero-order valence-corrected chi connectivity index (χ0v) is 12.7. The molecule has 0 radical (unpaired) electrons. The summed E-state index contributed by atoms with van der Waals surface area (Å²) in [6, 6.07) is 12.0. The van der Waals surface area contributed by atoms with Crippen molar-refractivity contribution in [3.63, 3.8) is 0 Å². The maximum atomic E-state index is 11.2. The predicted octanol–water partition coefficient (Wildman–Crippen LogP) is 3.82. The standard InChI is InChI=1S/C17H11N3O2S/c21-17(22)14-9-19-20-15(4-6-18-16(14)20)12-3-1-2-11(8-12)13-5-7-23-10-13/h1-10H,(H,21,22). The third kappa shape index (κ3) is 2.29. The molecule has 112 valence electrons. The van der Waals surface area contributed by atoms with Crippen molar-refractivity contribution in [2.24, 2.45) is 0 Å². The largest absolute Gasteiger partial charge is 0.477 e. The summed E-state index contributed by atoms with van der Waals surface area (Å²) in [6.07, 6.45) is 2.94. The summed E-state index contributed by atoms with van der Waals surface area (Å²) in [5, 5.41) is 17.5. The van der Waals surface area contributed by atoms with Gasteiger partial charge in [0.1, 0.15) is 5.56 Å². The maximum Gasteiger partial charge on any atom is 0.341 e. The predicted molar refractivity (Wildman–Crippen MR) is 88.7 cm³/mol. The monoisotopic (exact) mass is 321 g/mol.